The van der Waals surface area contributed by atoms with Crippen LogP contribution in [0, 0.1) is 0 Å². The maximum Gasteiger partial charge on any atom is 0.236 e. The molecule has 0 fully saturated rings. The number of nitrogens with one attached hydrogen (secondary N) is 1. The van der Waals surface area contributed by atoms with E-state index in [0.717, 1.165) is 0 Å². The number of hydroxylamine groups is 1. The van der Waals surface area contributed by atoms with Crippen molar-refractivity contribution in [3.63, 3.8) is 0 Å². The summed E-state index contributed by atoms with van der Waals surface area (Å²) in [6, 6.07) is -0.663. The van der Waals surface area contributed by atoms with Crippen molar-refractivity contribution in [1.29, 1.82) is 0 Å². The fourth-order valence-corrected chi connectivity index (χ4v) is 0.592. The van der Waals surface area contributed by atoms with Gasteiger partial charge in [0.2, 0.25) is 5.91 Å². The van der Waals surface area contributed by atoms with Crippen LogP contribution in [0.25, 0.3) is 0 Å². The first-order valence-corrected chi connectivity index (χ1v) is 3.11. The minimum absolute atomic E-state index is 0.475. The molecule has 0 unspecified atom stereocenters. The molecule has 5 nitrogen and oxygen atoms in total. The molecule has 0 saturated carbocycles. The van der Waals surface area contributed by atoms with E-state index in [-0.39, 0.29) is 0 Å². The van der Waals surface area contributed by atoms with Gasteiger partial charge in [-0.3, -0.25) is 4.79 Å². The van der Waals surface area contributed by atoms with Crippen LogP contribution in [0.2, 0.25) is 0 Å². The topological polar surface area (TPSA) is 101 Å². The predicted molar refractivity (Wildman–Crippen MR) is 36.2 cm³/mol. The summed E-state index contributed by atoms with van der Waals surface area (Å²) in [4.78, 5) is 10.4. The average molecular weight is 147 g/mol. The van der Waals surface area contributed by atoms with Crippen LogP contribution in [0.4, 0.5) is 0 Å². The number of carbonyl (C=O) groups is 1. The highest BCUT2D eigenvalue weighted by atomic mass is 16.5. The number of primary amides is 1. The van der Waals surface area contributed by atoms with E-state index >= 15 is 0 Å². The lowest BCUT2D eigenvalue weighted by Crippen LogP contribution is -2.39. The van der Waals surface area contributed by atoms with Crippen molar-refractivity contribution in [3.8, 4) is 0 Å². The van der Waals surface area contributed by atoms with Crippen molar-refractivity contribution in [2.24, 2.45) is 11.5 Å². The summed E-state index contributed by atoms with van der Waals surface area (Å²) >= 11 is 0. The minimum atomic E-state index is -0.663. The largest absolute Gasteiger partial charge is 0.368 e. The number of amides is 1. The molecule has 0 spiro atoms. The van der Waals surface area contributed by atoms with Gasteiger partial charge in [-0.1, -0.05) is 0 Å². The molecule has 0 saturated heterocycles. The Balaban J connectivity index is 3.50. The Morgan fingerprint density at radius 1 is 1.70 bits per heavy atom. The van der Waals surface area contributed by atoms with Crippen molar-refractivity contribution < 1.29 is 10.0 Å². The third-order valence-corrected chi connectivity index (χ3v) is 1.20. The Hall–Kier alpha value is -0.650. The summed E-state index contributed by atoms with van der Waals surface area (Å²) in [5, 5.41) is 8.33. The Bertz CT molecular complexity index is 107. The molecule has 0 aromatic carbocycles. The standard InChI is InChI=1S/C5H13N3O2/c6-3-1-2-4(8-10)5(7)9/h4,8,10H,1-3,6H2,(H2,7,9)/t4-/m1/s1. The second kappa shape index (κ2) is 5.16. The first-order valence-electron chi connectivity index (χ1n) is 3.11. The summed E-state index contributed by atoms with van der Waals surface area (Å²) in [7, 11) is 0. The Kier molecular flexibility index (Phi) is 4.82. The van der Waals surface area contributed by atoms with Crippen LogP contribution in [0.1, 0.15) is 12.8 Å². The zero-order valence-electron chi connectivity index (χ0n) is 5.71. The molecular weight excluding hydrogens is 134 g/mol. The van der Waals surface area contributed by atoms with Crippen LogP contribution in [-0.2, 0) is 4.79 Å². The van der Waals surface area contributed by atoms with Crippen molar-refractivity contribution >= 4 is 5.91 Å². The monoisotopic (exact) mass is 147 g/mol. The second-order valence-corrected chi connectivity index (χ2v) is 2.01. The van der Waals surface area contributed by atoms with E-state index in [4.69, 9.17) is 16.7 Å². The molecular formula is C5H13N3O2. The van der Waals surface area contributed by atoms with Gasteiger partial charge in [0.15, 0.2) is 0 Å². The van der Waals surface area contributed by atoms with Gasteiger partial charge in [0.1, 0.15) is 6.04 Å². The Morgan fingerprint density at radius 2 is 2.30 bits per heavy atom. The number of hydrogen-bond acceptors (Lipinski definition) is 4. The predicted octanol–water partition coefficient (Wildman–Crippen LogP) is -1.44. The lowest BCUT2D eigenvalue weighted by Gasteiger charge is -2.08. The van der Waals surface area contributed by atoms with Gasteiger partial charge in [-0.25, -0.2) is 0 Å². The highest BCUT2D eigenvalue weighted by Crippen LogP contribution is 1.92. The fraction of sp³-hybridized carbons (Fsp3) is 0.800. The molecule has 0 aliphatic heterocycles. The third kappa shape index (κ3) is 3.39. The SMILES string of the molecule is NCCC[C@@H](NO)C(N)=O. The maximum atomic E-state index is 10.4. The van der Waals surface area contributed by atoms with E-state index in [0.29, 0.717) is 19.4 Å². The quantitative estimate of drug-likeness (QED) is 0.357. The van der Waals surface area contributed by atoms with Gasteiger partial charge >= 0.3 is 0 Å². The highest BCUT2D eigenvalue weighted by molar-refractivity contribution is 5.79. The maximum absolute atomic E-state index is 10.4. The number of hydrogen-bond donors (Lipinski definition) is 4. The molecule has 6 N–H and O–H groups in total. The lowest BCUT2D eigenvalue weighted by atomic mass is 10.1. The molecule has 0 aromatic heterocycles. The van der Waals surface area contributed by atoms with E-state index in [1.165, 1.54) is 0 Å². The zero-order valence-corrected chi connectivity index (χ0v) is 5.71. The van der Waals surface area contributed by atoms with E-state index < -0.39 is 11.9 Å². The third-order valence-electron chi connectivity index (χ3n) is 1.20. The van der Waals surface area contributed by atoms with Crippen LogP contribution in [0.5, 0.6) is 0 Å². The van der Waals surface area contributed by atoms with Gasteiger partial charge in [-0.05, 0) is 19.4 Å². The second-order valence-electron chi connectivity index (χ2n) is 2.01. The van der Waals surface area contributed by atoms with Gasteiger partial charge in [-0.2, -0.15) is 5.48 Å². The van der Waals surface area contributed by atoms with Crippen molar-refractivity contribution in [2.45, 2.75) is 18.9 Å². The summed E-state index contributed by atoms with van der Waals surface area (Å²) in [5.74, 6) is -0.559. The normalized spacial score (nSPS) is 13.0. The van der Waals surface area contributed by atoms with Crippen LogP contribution < -0.4 is 16.9 Å². The molecule has 0 radical (unpaired) electrons. The molecule has 0 rings (SSSR count). The zero-order chi connectivity index (χ0) is 7.98. The molecule has 1 atom stereocenters. The minimum Gasteiger partial charge on any atom is -0.368 e. The molecule has 0 aliphatic rings. The number of carbonyl (C=O) groups excluding carboxylic acids is 1. The first kappa shape index (κ1) is 9.35. The van der Waals surface area contributed by atoms with Crippen molar-refractivity contribution in [3.05, 3.63) is 0 Å². The van der Waals surface area contributed by atoms with E-state index in [2.05, 4.69) is 0 Å². The summed E-state index contributed by atoms with van der Waals surface area (Å²) in [5.41, 5.74) is 11.9. The van der Waals surface area contributed by atoms with Gasteiger partial charge in [0, 0.05) is 0 Å². The molecule has 0 bridgehead atoms. The fourth-order valence-electron chi connectivity index (χ4n) is 0.592. The van der Waals surface area contributed by atoms with Crippen LogP contribution in [-0.4, -0.2) is 23.7 Å². The molecule has 60 valence electrons. The average Bonchev–Trinajstić information content (AvgIpc) is 1.89. The molecule has 1 amide bonds. The van der Waals surface area contributed by atoms with Gasteiger partial charge in [0.25, 0.3) is 0 Å². The Labute approximate surface area is 59.3 Å². The van der Waals surface area contributed by atoms with Gasteiger partial charge < -0.3 is 16.7 Å². The van der Waals surface area contributed by atoms with Crippen LogP contribution in [0.3, 0.4) is 0 Å². The van der Waals surface area contributed by atoms with Gasteiger partial charge in [0.05, 0.1) is 0 Å². The number of rotatable bonds is 5. The molecule has 0 heterocycles. The van der Waals surface area contributed by atoms with Crippen molar-refractivity contribution in [1.82, 2.24) is 5.48 Å². The first-order chi connectivity index (χ1) is 4.72. The molecule has 0 aliphatic carbocycles. The summed E-state index contributed by atoms with van der Waals surface area (Å²) in [6.45, 7) is 0.492. The van der Waals surface area contributed by atoms with E-state index in [1.807, 2.05) is 0 Å². The smallest absolute Gasteiger partial charge is 0.236 e. The molecule has 5 heteroatoms. The van der Waals surface area contributed by atoms with Crippen LogP contribution >= 0.6 is 0 Å². The van der Waals surface area contributed by atoms with Crippen LogP contribution in [0.15, 0.2) is 0 Å². The van der Waals surface area contributed by atoms with Crippen molar-refractivity contribution in [2.75, 3.05) is 6.54 Å². The van der Waals surface area contributed by atoms with E-state index in [1.54, 1.807) is 5.48 Å². The summed E-state index contributed by atoms with van der Waals surface area (Å²) in [6.07, 6.45) is 1.14. The number of nitrogens with two attached hydrogens (primary N) is 2. The van der Waals surface area contributed by atoms with E-state index in [9.17, 15) is 4.79 Å². The molecule has 10 heavy (non-hydrogen) atoms. The van der Waals surface area contributed by atoms with Gasteiger partial charge in [-0.15, -0.1) is 0 Å². The Morgan fingerprint density at radius 3 is 2.60 bits per heavy atom. The summed E-state index contributed by atoms with van der Waals surface area (Å²) < 4.78 is 0. The lowest BCUT2D eigenvalue weighted by molar-refractivity contribution is -0.122. The highest BCUT2D eigenvalue weighted by Gasteiger charge is 2.11. The molecule has 0 aromatic rings.